The van der Waals surface area contributed by atoms with Gasteiger partial charge in [0.25, 0.3) is 0 Å². The topological polar surface area (TPSA) is 29.5 Å². The number of hydroxylamine groups is 2. The number of carbonyl (C=O) groups excluding carboxylic acids is 1. The minimum Gasteiger partial charge on any atom is -0.273 e. The first-order chi connectivity index (χ1) is 8.86. The minimum atomic E-state index is 0.132. The molecule has 0 N–H and O–H groups in total. The van der Waals surface area contributed by atoms with Crippen LogP contribution >= 0.6 is 0 Å². The third kappa shape index (κ3) is 4.15. The molecule has 0 saturated carbocycles. The molecular weight excluding hydrogens is 226 g/mol. The molecule has 3 heteroatoms. The fourth-order valence-electron chi connectivity index (χ4n) is 2.17. The van der Waals surface area contributed by atoms with Crippen LogP contribution in [0.15, 0.2) is 30.3 Å². The summed E-state index contributed by atoms with van der Waals surface area (Å²) in [6.07, 6.45) is 6.25. The van der Waals surface area contributed by atoms with Crippen molar-refractivity contribution < 1.29 is 9.63 Å². The largest absolute Gasteiger partial charge is 0.273 e. The molecule has 0 unspecified atom stereocenters. The molecule has 1 fully saturated rings. The van der Waals surface area contributed by atoms with Crippen LogP contribution in [0.2, 0.25) is 0 Å². The van der Waals surface area contributed by atoms with Crippen molar-refractivity contribution in [2.24, 2.45) is 0 Å². The van der Waals surface area contributed by atoms with Gasteiger partial charge < -0.3 is 0 Å². The first-order valence-corrected chi connectivity index (χ1v) is 6.83. The fourth-order valence-corrected chi connectivity index (χ4v) is 2.17. The summed E-state index contributed by atoms with van der Waals surface area (Å²) in [7, 11) is 0. The lowest BCUT2D eigenvalue weighted by Gasteiger charge is -2.21. The third-order valence-corrected chi connectivity index (χ3v) is 3.26. The summed E-state index contributed by atoms with van der Waals surface area (Å²) in [6, 6.07) is 9.98. The van der Waals surface area contributed by atoms with E-state index in [2.05, 4.69) is 0 Å². The molecule has 1 amide bonds. The Morgan fingerprint density at radius 2 is 1.72 bits per heavy atom. The fraction of sp³-hybridized carbons (Fsp3) is 0.533. The van der Waals surface area contributed by atoms with E-state index in [4.69, 9.17) is 4.84 Å². The Kier molecular flexibility index (Phi) is 5.21. The van der Waals surface area contributed by atoms with Gasteiger partial charge in [-0.1, -0.05) is 49.6 Å². The Morgan fingerprint density at radius 1 is 1.00 bits per heavy atom. The van der Waals surface area contributed by atoms with Gasteiger partial charge in [0.1, 0.15) is 6.61 Å². The van der Waals surface area contributed by atoms with Crippen molar-refractivity contribution in [2.75, 3.05) is 6.54 Å². The van der Waals surface area contributed by atoms with Crippen LogP contribution in [0.1, 0.15) is 44.1 Å². The van der Waals surface area contributed by atoms with Gasteiger partial charge in [0.15, 0.2) is 0 Å². The molecule has 0 aliphatic carbocycles. The number of carbonyl (C=O) groups is 1. The van der Waals surface area contributed by atoms with Crippen molar-refractivity contribution in [3.63, 3.8) is 0 Å². The van der Waals surface area contributed by atoms with Gasteiger partial charge in [0.05, 0.1) is 0 Å². The van der Waals surface area contributed by atoms with Crippen LogP contribution in [0, 0.1) is 0 Å². The summed E-state index contributed by atoms with van der Waals surface area (Å²) < 4.78 is 0. The van der Waals surface area contributed by atoms with Crippen LogP contribution in [0.3, 0.4) is 0 Å². The highest BCUT2D eigenvalue weighted by Crippen LogP contribution is 2.13. The van der Waals surface area contributed by atoms with Gasteiger partial charge in [-0.05, 0) is 18.4 Å². The Labute approximate surface area is 109 Å². The average Bonchev–Trinajstić information content (AvgIpc) is 2.50. The van der Waals surface area contributed by atoms with E-state index in [1.165, 1.54) is 12.8 Å². The second-order valence-electron chi connectivity index (χ2n) is 4.77. The third-order valence-electron chi connectivity index (χ3n) is 3.26. The van der Waals surface area contributed by atoms with Crippen molar-refractivity contribution in [1.82, 2.24) is 5.06 Å². The summed E-state index contributed by atoms with van der Waals surface area (Å²) in [4.78, 5) is 17.6. The van der Waals surface area contributed by atoms with E-state index in [9.17, 15) is 4.79 Å². The predicted molar refractivity (Wildman–Crippen MR) is 70.6 cm³/mol. The Balaban J connectivity index is 1.86. The monoisotopic (exact) mass is 247 g/mol. The highest BCUT2D eigenvalue weighted by molar-refractivity contribution is 5.75. The number of hydrogen-bond donors (Lipinski definition) is 0. The van der Waals surface area contributed by atoms with Gasteiger partial charge in [-0.25, -0.2) is 5.06 Å². The van der Waals surface area contributed by atoms with Crippen molar-refractivity contribution in [3.05, 3.63) is 35.9 Å². The zero-order valence-corrected chi connectivity index (χ0v) is 10.8. The van der Waals surface area contributed by atoms with Gasteiger partial charge in [-0.2, -0.15) is 0 Å². The van der Waals surface area contributed by atoms with Crippen molar-refractivity contribution >= 4 is 5.91 Å². The van der Waals surface area contributed by atoms with E-state index >= 15 is 0 Å². The Bertz CT molecular complexity index is 364. The molecule has 0 bridgehead atoms. The standard InChI is InChI=1S/C15H21NO2/c17-15-11-7-2-1-3-8-12-16(15)18-13-14-9-5-4-6-10-14/h4-6,9-10H,1-3,7-8,11-13H2. The number of benzene rings is 1. The lowest BCUT2D eigenvalue weighted by molar-refractivity contribution is -0.191. The summed E-state index contributed by atoms with van der Waals surface area (Å²) >= 11 is 0. The van der Waals surface area contributed by atoms with Gasteiger partial charge in [0, 0.05) is 13.0 Å². The van der Waals surface area contributed by atoms with Crippen molar-refractivity contribution in [2.45, 2.75) is 45.1 Å². The maximum Gasteiger partial charge on any atom is 0.246 e. The number of hydrogen-bond acceptors (Lipinski definition) is 2. The maximum absolute atomic E-state index is 11.9. The Hall–Kier alpha value is -1.35. The van der Waals surface area contributed by atoms with Gasteiger partial charge in [-0.15, -0.1) is 0 Å². The molecule has 1 saturated heterocycles. The summed E-state index contributed by atoms with van der Waals surface area (Å²) in [5.74, 6) is 0.132. The quantitative estimate of drug-likeness (QED) is 0.820. The molecule has 18 heavy (non-hydrogen) atoms. The van der Waals surface area contributed by atoms with Crippen LogP contribution < -0.4 is 0 Å². The molecule has 98 valence electrons. The smallest absolute Gasteiger partial charge is 0.246 e. The normalized spacial score (nSPS) is 18.0. The molecule has 1 aliphatic rings. The summed E-state index contributed by atoms with van der Waals surface area (Å²) in [5.41, 5.74) is 1.10. The van der Waals surface area contributed by atoms with Crippen molar-refractivity contribution in [3.8, 4) is 0 Å². The first-order valence-electron chi connectivity index (χ1n) is 6.83. The van der Waals surface area contributed by atoms with Crippen LogP contribution in [0.25, 0.3) is 0 Å². The molecule has 1 aromatic rings. The van der Waals surface area contributed by atoms with E-state index in [1.54, 1.807) is 5.06 Å². The van der Waals surface area contributed by atoms with E-state index < -0.39 is 0 Å². The molecule has 1 heterocycles. The highest BCUT2D eigenvalue weighted by Gasteiger charge is 2.15. The number of amides is 1. The number of rotatable bonds is 3. The average molecular weight is 247 g/mol. The molecular formula is C15H21NO2. The lowest BCUT2D eigenvalue weighted by Crippen LogP contribution is -2.31. The van der Waals surface area contributed by atoms with Crippen LogP contribution in [-0.4, -0.2) is 17.5 Å². The Morgan fingerprint density at radius 3 is 2.56 bits per heavy atom. The van der Waals surface area contributed by atoms with E-state index in [1.807, 2.05) is 30.3 Å². The molecule has 0 aromatic heterocycles. The van der Waals surface area contributed by atoms with Crippen molar-refractivity contribution in [1.29, 1.82) is 0 Å². The highest BCUT2D eigenvalue weighted by atomic mass is 16.7. The molecule has 0 spiro atoms. The van der Waals surface area contributed by atoms with Gasteiger partial charge in [-0.3, -0.25) is 9.63 Å². The lowest BCUT2D eigenvalue weighted by atomic mass is 10.1. The van der Waals surface area contributed by atoms with Crippen LogP contribution in [0.4, 0.5) is 0 Å². The minimum absolute atomic E-state index is 0.132. The summed E-state index contributed by atoms with van der Waals surface area (Å²) in [5, 5.41) is 1.57. The zero-order valence-electron chi connectivity index (χ0n) is 10.8. The first kappa shape index (κ1) is 13.1. The second-order valence-corrected chi connectivity index (χ2v) is 4.77. The molecule has 3 nitrogen and oxygen atoms in total. The molecule has 1 aromatic carbocycles. The molecule has 0 atom stereocenters. The molecule has 1 aliphatic heterocycles. The van der Waals surface area contributed by atoms with E-state index in [0.29, 0.717) is 13.0 Å². The maximum atomic E-state index is 11.9. The molecule has 2 rings (SSSR count). The van der Waals surface area contributed by atoms with Gasteiger partial charge >= 0.3 is 0 Å². The SMILES string of the molecule is O=C1CCCCCCCN1OCc1ccccc1. The summed E-state index contributed by atoms with van der Waals surface area (Å²) in [6.45, 7) is 1.21. The molecule has 0 radical (unpaired) electrons. The van der Waals surface area contributed by atoms with E-state index in [-0.39, 0.29) is 5.91 Å². The predicted octanol–water partition coefficient (Wildman–Crippen LogP) is 3.30. The van der Waals surface area contributed by atoms with Crippen LogP contribution in [-0.2, 0) is 16.2 Å². The van der Waals surface area contributed by atoms with Gasteiger partial charge in [0.2, 0.25) is 5.91 Å². The number of nitrogens with zero attached hydrogens (tertiary/aromatic N) is 1. The van der Waals surface area contributed by atoms with E-state index in [0.717, 1.165) is 31.4 Å². The zero-order chi connectivity index (χ0) is 12.6. The second kappa shape index (κ2) is 7.17. The van der Waals surface area contributed by atoms with Crippen LogP contribution in [0.5, 0.6) is 0 Å².